The van der Waals surface area contributed by atoms with Gasteiger partial charge < -0.3 is 4.74 Å². The standard InChI is InChI=1S/C17H24O3/c1-11-12(9-15(19)20-5)17(4)8-6-7-16(2,3)14(17)10-13(11)18/h10H,6-9H2,1-5H3/t17-/m0/s1. The van der Waals surface area contributed by atoms with Crippen molar-refractivity contribution in [3.63, 3.8) is 0 Å². The number of esters is 1. The molecule has 0 aromatic carbocycles. The minimum atomic E-state index is -0.266. The molecule has 1 fully saturated rings. The van der Waals surface area contributed by atoms with Gasteiger partial charge in [-0.25, -0.2) is 0 Å². The van der Waals surface area contributed by atoms with E-state index in [0.29, 0.717) is 0 Å². The molecule has 0 radical (unpaired) electrons. The van der Waals surface area contributed by atoms with Gasteiger partial charge in [0.1, 0.15) is 0 Å². The average Bonchev–Trinajstić information content (AvgIpc) is 2.37. The fourth-order valence-corrected chi connectivity index (χ4v) is 3.91. The van der Waals surface area contributed by atoms with Gasteiger partial charge in [-0.05, 0) is 42.4 Å². The Morgan fingerprint density at radius 3 is 2.55 bits per heavy atom. The number of ether oxygens (including phenoxy) is 1. The van der Waals surface area contributed by atoms with E-state index in [9.17, 15) is 9.59 Å². The number of carbonyl (C=O) groups excluding carboxylic acids is 2. The summed E-state index contributed by atoms with van der Waals surface area (Å²) in [5, 5.41) is 0. The lowest BCUT2D eigenvalue weighted by molar-refractivity contribution is -0.140. The third kappa shape index (κ3) is 2.23. The summed E-state index contributed by atoms with van der Waals surface area (Å²) < 4.78 is 4.81. The Bertz CT molecular complexity index is 522. The molecule has 110 valence electrons. The maximum absolute atomic E-state index is 12.3. The molecule has 0 heterocycles. The van der Waals surface area contributed by atoms with Gasteiger partial charge in [0.2, 0.25) is 0 Å². The zero-order valence-corrected chi connectivity index (χ0v) is 13.1. The first-order valence-electron chi connectivity index (χ1n) is 7.26. The minimum Gasteiger partial charge on any atom is -0.469 e. The fourth-order valence-electron chi connectivity index (χ4n) is 3.91. The van der Waals surface area contributed by atoms with Gasteiger partial charge >= 0.3 is 5.97 Å². The molecule has 2 aliphatic carbocycles. The van der Waals surface area contributed by atoms with Gasteiger partial charge in [-0.2, -0.15) is 0 Å². The van der Waals surface area contributed by atoms with E-state index >= 15 is 0 Å². The SMILES string of the molecule is COC(=O)CC1=C(C)C(=O)C=C2C(C)(C)CCC[C@]21C. The molecule has 2 aliphatic rings. The zero-order chi connectivity index (χ0) is 15.1. The Kier molecular flexibility index (Phi) is 3.66. The van der Waals surface area contributed by atoms with Crippen LogP contribution in [-0.4, -0.2) is 18.9 Å². The van der Waals surface area contributed by atoms with Crippen molar-refractivity contribution in [2.75, 3.05) is 7.11 Å². The van der Waals surface area contributed by atoms with Crippen molar-refractivity contribution in [3.05, 3.63) is 22.8 Å². The zero-order valence-electron chi connectivity index (χ0n) is 13.1. The first-order valence-corrected chi connectivity index (χ1v) is 7.26. The molecule has 2 rings (SSSR count). The Balaban J connectivity index is 2.51. The number of hydrogen-bond acceptors (Lipinski definition) is 3. The highest BCUT2D eigenvalue weighted by Gasteiger charge is 2.47. The quantitative estimate of drug-likeness (QED) is 0.724. The van der Waals surface area contributed by atoms with E-state index < -0.39 is 0 Å². The Morgan fingerprint density at radius 1 is 1.30 bits per heavy atom. The largest absolute Gasteiger partial charge is 0.469 e. The van der Waals surface area contributed by atoms with Crippen LogP contribution in [0.25, 0.3) is 0 Å². The van der Waals surface area contributed by atoms with Gasteiger partial charge in [0, 0.05) is 5.41 Å². The summed E-state index contributed by atoms with van der Waals surface area (Å²) in [5.74, 6) is -0.218. The van der Waals surface area contributed by atoms with E-state index in [1.54, 1.807) is 0 Å². The lowest BCUT2D eigenvalue weighted by Gasteiger charge is -2.49. The first kappa shape index (κ1) is 15.0. The van der Waals surface area contributed by atoms with Crippen LogP contribution >= 0.6 is 0 Å². The molecule has 0 unspecified atom stereocenters. The number of fused-ring (bicyclic) bond motifs is 1. The van der Waals surface area contributed by atoms with E-state index in [-0.39, 0.29) is 29.0 Å². The number of hydrogen-bond donors (Lipinski definition) is 0. The van der Waals surface area contributed by atoms with Crippen molar-refractivity contribution in [1.29, 1.82) is 0 Å². The monoisotopic (exact) mass is 276 g/mol. The van der Waals surface area contributed by atoms with Crippen LogP contribution in [0.2, 0.25) is 0 Å². The molecule has 0 N–H and O–H groups in total. The van der Waals surface area contributed by atoms with Gasteiger partial charge in [-0.3, -0.25) is 9.59 Å². The van der Waals surface area contributed by atoms with Crippen molar-refractivity contribution in [2.45, 2.75) is 53.4 Å². The van der Waals surface area contributed by atoms with E-state index in [1.165, 1.54) is 12.7 Å². The van der Waals surface area contributed by atoms with Crippen molar-refractivity contribution >= 4 is 11.8 Å². The number of ketones is 1. The van der Waals surface area contributed by atoms with Crippen molar-refractivity contribution in [3.8, 4) is 0 Å². The van der Waals surface area contributed by atoms with Crippen LogP contribution in [0, 0.1) is 10.8 Å². The van der Waals surface area contributed by atoms with Crippen LogP contribution in [0.3, 0.4) is 0 Å². The van der Waals surface area contributed by atoms with E-state index in [0.717, 1.165) is 30.4 Å². The van der Waals surface area contributed by atoms with Crippen molar-refractivity contribution < 1.29 is 14.3 Å². The van der Waals surface area contributed by atoms with Gasteiger partial charge in [-0.15, -0.1) is 0 Å². The Labute approximate surface area is 121 Å². The summed E-state index contributed by atoms with van der Waals surface area (Å²) in [6, 6.07) is 0. The molecule has 0 bridgehead atoms. The molecule has 1 saturated carbocycles. The molecule has 3 heteroatoms. The fraction of sp³-hybridized carbons (Fsp3) is 0.647. The number of allylic oxidation sites excluding steroid dienone is 3. The highest BCUT2D eigenvalue weighted by molar-refractivity contribution is 6.07. The molecular formula is C17H24O3. The summed E-state index contributed by atoms with van der Waals surface area (Å²) in [6.45, 7) is 8.40. The van der Waals surface area contributed by atoms with Crippen LogP contribution in [0.5, 0.6) is 0 Å². The summed E-state index contributed by atoms with van der Waals surface area (Å²) >= 11 is 0. The first-order chi connectivity index (χ1) is 9.22. The second kappa shape index (κ2) is 4.87. The normalized spacial score (nSPS) is 28.9. The Morgan fingerprint density at radius 2 is 1.95 bits per heavy atom. The minimum absolute atomic E-state index is 0.0186. The topological polar surface area (TPSA) is 43.4 Å². The van der Waals surface area contributed by atoms with Gasteiger partial charge in [0.15, 0.2) is 5.78 Å². The predicted octanol–water partition coefficient (Wildman–Crippen LogP) is 3.59. The van der Waals surface area contributed by atoms with E-state index in [4.69, 9.17) is 4.74 Å². The molecule has 1 atom stereocenters. The second-order valence-electron chi connectivity index (χ2n) is 6.85. The van der Waals surface area contributed by atoms with Crippen LogP contribution in [-0.2, 0) is 14.3 Å². The molecule has 0 aromatic rings. The van der Waals surface area contributed by atoms with Crippen LogP contribution in [0.4, 0.5) is 0 Å². The molecule has 20 heavy (non-hydrogen) atoms. The summed E-state index contributed by atoms with van der Waals surface area (Å²) in [7, 11) is 1.40. The highest BCUT2D eigenvalue weighted by Crippen LogP contribution is 2.57. The summed E-state index contributed by atoms with van der Waals surface area (Å²) in [5.41, 5.74) is 2.71. The highest BCUT2D eigenvalue weighted by atomic mass is 16.5. The van der Waals surface area contributed by atoms with E-state index in [2.05, 4.69) is 20.8 Å². The van der Waals surface area contributed by atoms with Crippen LogP contribution in [0.15, 0.2) is 22.8 Å². The number of methoxy groups -OCH3 is 1. The average molecular weight is 276 g/mol. The maximum Gasteiger partial charge on any atom is 0.309 e. The summed E-state index contributed by atoms with van der Waals surface area (Å²) in [6.07, 6.45) is 5.24. The van der Waals surface area contributed by atoms with Gasteiger partial charge in [0.25, 0.3) is 0 Å². The Hall–Kier alpha value is -1.38. The van der Waals surface area contributed by atoms with E-state index in [1.807, 2.05) is 13.0 Å². The van der Waals surface area contributed by atoms with Crippen LogP contribution < -0.4 is 0 Å². The molecule has 0 aliphatic heterocycles. The molecular weight excluding hydrogens is 252 g/mol. The number of carbonyl (C=O) groups is 2. The molecule has 0 saturated heterocycles. The lowest BCUT2D eigenvalue weighted by Crippen LogP contribution is -2.40. The lowest BCUT2D eigenvalue weighted by atomic mass is 9.54. The summed E-state index contributed by atoms with van der Waals surface area (Å²) in [4.78, 5) is 24.0. The van der Waals surface area contributed by atoms with Crippen molar-refractivity contribution in [2.24, 2.45) is 10.8 Å². The maximum atomic E-state index is 12.3. The predicted molar refractivity (Wildman–Crippen MR) is 78.2 cm³/mol. The molecule has 0 amide bonds. The molecule has 3 nitrogen and oxygen atoms in total. The van der Waals surface area contributed by atoms with Gasteiger partial charge in [0.05, 0.1) is 13.5 Å². The van der Waals surface area contributed by atoms with Crippen LogP contribution in [0.1, 0.15) is 53.4 Å². The second-order valence-corrected chi connectivity index (χ2v) is 6.85. The molecule has 0 spiro atoms. The third-order valence-corrected chi connectivity index (χ3v) is 5.11. The molecule has 0 aromatic heterocycles. The number of rotatable bonds is 2. The third-order valence-electron chi connectivity index (χ3n) is 5.11. The van der Waals surface area contributed by atoms with Crippen molar-refractivity contribution in [1.82, 2.24) is 0 Å². The smallest absolute Gasteiger partial charge is 0.309 e. The van der Waals surface area contributed by atoms with Gasteiger partial charge in [-0.1, -0.05) is 32.8 Å².